The summed E-state index contributed by atoms with van der Waals surface area (Å²) >= 11 is 0. The first-order valence-electron chi connectivity index (χ1n) is 7.73. The van der Waals surface area contributed by atoms with Crippen LogP contribution in [0.2, 0.25) is 0 Å². The zero-order chi connectivity index (χ0) is 14.7. The van der Waals surface area contributed by atoms with Gasteiger partial charge in [-0.05, 0) is 30.4 Å². The van der Waals surface area contributed by atoms with Gasteiger partial charge in [0.1, 0.15) is 5.75 Å². The van der Waals surface area contributed by atoms with Crippen molar-refractivity contribution in [3.63, 3.8) is 0 Å². The molecule has 2 fully saturated rings. The maximum Gasteiger partial charge on any atom is 0.120 e. The average Bonchev–Trinajstić information content (AvgIpc) is 3.28. The van der Waals surface area contributed by atoms with Crippen LogP contribution in [0.4, 0.5) is 5.69 Å². The standard InChI is InChI=1S/C17H23N3O/c1-21-16-4-2-3-15(13-16)20-11-9-19(10-12-20)14-17(5-6-17)7-8-18/h2-4,13H,5-7,9-12,14H2,1H3. The van der Waals surface area contributed by atoms with Crippen LogP contribution in [0, 0.1) is 16.7 Å². The molecule has 3 rings (SSSR count). The van der Waals surface area contributed by atoms with Gasteiger partial charge in [0.05, 0.1) is 13.2 Å². The molecule has 1 aromatic carbocycles. The number of rotatable bonds is 5. The summed E-state index contributed by atoms with van der Waals surface area (Å²) in [6.45, 7) is 5.38. The number of benzene rings is 1. The highest BCUT2D eigenvalue weighted by atomic mass is 16.5. The van der Waals surface area contributed by atoms with Crippen LogP contribution in [0.15, 0.2) is 24.3 Å². The zero-order valence-electron chi connectivity index (χ0n) is 12.7. The van der Waals surface area contributed by atoms with Crippen molar-refractivity contribution in [2.75, 3.05) is 44.7 Å². The maximum atomic E-state index is 8.92. The first-order chi connectivity index (χ1) is 10.2. The van der Waals surface area contributed by atoms with Crippen molar-refractivity contribution in [1.82, 2.24) is 4.90 Å². The van der Waals surface area contributed by atoms with Gasteiger partial charge in [-0.15, -0.1) is 0 Å². The number of nitrogens with zero attached hydrogens (tertiary/aromatic N) is 3. The minimum absolute atomic E-state index is 0.326. The van der Waals surface area contributed by atoms with Crippen LogP contribution in [0.1, 0.15) is 19.3 Å². The monoisotopic (exact) mass is 285 g/mol. The van der Waals surface area contributed by atoms with Gasteiger partial charge in [0.2, 0.25) is 0 Å². The Balaban J connectivity index is 1.54. The highest BCUT2D eigenvalue weighted by Gasteiger charge is 2.43. The van der Waals surface area contributed by atoms with E-state index in [-0.39, 0.29) is 0 Å². The summed E-state index contributed by atoms with van der Waals surface area (Å²) in [5.74, 6) is 0.917. The van der Waals surface area contributed by atoms with Gasteiger partial charge in [-0.2, -0.15) is 5.26 Å². The smallest absolute Gasteiger partial charge is 0.120 e. The van der Waals surface area contributed by atoms with Crippen molar-refractivity contribution in [3.05, 3.63) is 24.3 Å². The van der Waals surface area contributed by atoms with Crippen LogP contribution >= 0.6 is 0 Å². The van der Waals surface area contributed by atoms with Gasteiger partial charge in [0.15, 0.2) is 0 Å². The molecule has 0 bridgehead atoms. The van der Waals surface area contributed by atoms with Crippen LogP contribution < -0.4 is 9.64 Å². The summed E-state index contributed by atoms with van der Waals surface area (Å²) < 4.78 is 5.30. The number of piperazine rings is 1. The summed E-state index contributed by atoms with van der Waals surface area (Å²) in [4.78, 5) is 4.95. The SMILES string of the molecule is COc1cccc(N2CCN(CC3(CC#N)CC3)CC2)c1. The molecule has 0 spiro atoms. The average molecular weight is 285 g/mol. The molecule has 0 radical (unpaired) electrons. The molecule has 1 saturated heterocycles. The number of anilines is 1. The molecule has 0 N–H and O–H groups in total. The molecule has 0 amide bonds. The lowest BCUT2D eigenvalue weighted by Gasteiger charge is -2.37. The van der Waals surface area contributed by atoms with Gasteiger partial charge >= 0.3 is 0 Å². The second-order valence-electron chi connectivity index (χ2n) is 6.30. The first kappa shape index (κ1) is 14.2. The van der Waals surface area contributed by atoms with E-state index in [2.05, 4.69) is 28.0 Å². The number of ether oxygens (including phenoxy) is 1. The van der Waals surface area contributed by atoms with Crippen LogP contribution in [0.5, 0.6) is 5.75 Å². The Labute approximate surface area is 126 Å². The Bertz CT molecular complexity index is 525. The number of methoxy groups -OCH3 is 1. The molecule has 1 aromatic rings. The van der Waals surface area contributed by atoms with Crippen LogP contribution in [-0.2, 0) is 0 Å². The highest BCUT2D eigenvalue weighted by Crippen LogP contribution is 2.49. The van der Waals surface area contributed by atoms with Crippen molar-refractivity contribution in [1.29, 1.82) is 5.26 Å². The van der Waals surface area contributed by atoms with Gasteiger partial charge in [0.25, 0.3) is 0 Å². The molecule has 2 aliphatic rings. The van der Waals surface area contributed by atoms with Gasteiger partial charge in [-0.1, -0.05) is 6.07 Å². The Morgan fingerprint density at radius 3 is 2.62 bits per heavy atom. The van der Waals surface area contributed by atoms with Gasteiger partial charge in [-0.3, -0.25) is 4.90 Å². The molecule has 4 heteroatoms. The van der Waals surface area contributed by atoms with Crippen molar-refractivity contribution in [2.45, 2.75) is 19.3 Å². The molecular formula is C17H23N3O. The molecule has 0 atom stereocenters. The third kappa shape index (κ3) is 3.30. The summed E-state index contributed by atoms with van der Waals surface area (Å²) in [6.07, 6.45) is 3.19. The van der Waals surface area contributed by atoms with Crippen LogP contribution in [0.25, 0.3) is 0 Å². The third-order valence-corrected chi connectivity index (χ3v) is 4.76. The molecule has 21 heavy (non-hydrogen) atoms. The number of nitriles is 1. The maximum absolute atomic E-state index is 8.92. The normalized spacial score (nSPS) is 20.9. The van der Waals surface area contributed by atoms with Crippen molar-refractivity contribution >= 4 is 5.69 Å². The Morgan fingerprint density at radius 1 is 1.24 bits per heavy atom. The molecule has 1 aliphatic heterocycles. The largest absolute Gasteiger partial charge is 0.497 e. The van der Waals surface area contributed by atoms with E-state index >= 15 is 0 Å². The molecule has 4 nitrogen and oxygen atoms in total. The zero-order valence-corrected chi connectivity index (χ0v) is 12.7. The van der Waals surface area contributed by atoms with E-state index in [1.54, 1.807) is 7.11 Å². The van der Waals surface area contributed by atoms with Crippen molar-refractivity contribution in [2.24, 2.45) is 5.41 Å². The Morgan fingerprint density at radius 2 is 2.00 bits per heavy atom. The van der Waals surface area contributed by atoms with Gasteiger partial charge in [0, 0.05) is 50.9 Å². The minimum atomic E-state index is 0.326. The molecule has 0 unspecified atom stereocenters. The fraction of sp³-hybridized carbons (Fsp3) is 0.588. The van der Waals surface area contributed by atoms with Crippen molar-refractivity contribution < 1.29 is 4.74 Å². The Kier molecular flexibility index (Phi) is 4.03. The van der Waals surface area contributed by atoms with Crippen molar-refractivity contribution in [3.8, 4) is 11.8 Å². The lowest BCUT2D eigenvalue weighted by Crippen LogP contribution is -2.48. The van der Waals surface area contributed by atoms with Gasteiger partial charge < -0.3 is 9.64 Å². The molecule has 1 aliphatic carbocycles. The minimum Gasteiger partial charge on any atom is -0.497 e. The fourth-order valence-corrected chi connectivity index (χ4v) is 3.18. The number of hydrogen-bond acceptors (Lipinski definition) is 4. The molecule has 0 aromatic heterocycles. The summed E-state index contributed by atoms with van der Waals surface area (Å²) in [5.41, 5.74) is 1.57. The number of hydrogen-bond donors (Lipinski definition) is 0. The second kappa shape index (κ2) is 5.95. The lowest BCUT2D eigenvalue weighted by atomic mass is 10.0. The summed E-state index contributed by atoms with van der Waals surface area (Å²) in [7, 11) is 1.71. The second-order valence-corrected chi connectivity index (χ2v) is 6.30. The molecule has 1 saturated carbocycles. The third-order valence-electron chi connectivity index (χ3n) is 4.76. The topological polar surface area (TPSA) is 39.5 Å². The van der Waals surface area contributed by atoms with E-state index in [1.165, 1.54) is 18.5 Å². The van der Waals surface area contributed by atoms with Crippen LogP contribution in [0.3, 0.4) is 0 Å². The highest BCUT2D eigenvalue weighted by molar-refractivity contribution is 5.51. The van der Waals surface area contributed by atoms with Gasteiger partial charge in [-0.25, -0.2) is 0 Å². The summed E-state index contributed by atoms with van der Waals surface area (Å²) in [6, 6.07) is 10.6. The van der Waals surface area contributed by atoms with E-state index in [1.807, 2.05) is 12.1 Å². The van der Waals surface area contributed by atoms with E-state index in [4.69, 9.17) is 10.00 Å². The predicted octanol–water partition coefficient (Wildman–Crippen LogP) is 2.51. The molecular weight excluding hydrogens is 262 g/mol. The van der Waals surface area contributed by atoms with E-state index < -0.39 is 0 Å². The van der Waals surface area contributed by atoms with E-state index in [0.29, 0.717) is 5.41 Å². The van der Waals surface area contributed by atoms with E-state index in [0.717, 1.165) is 44.9 Å². The lowest BCUT2D eigenvalue weighted by molar-refractivity contribution is 0.209. The Hall–Kier alpha value is -1.73. The fourth-order valence-electron chi connectivity index (χ4n) is 3.18. The molecule has 112 valence electrons. The quantitative estimate of drug-likeness (QED) is 0.833. The van der Waals surface area contributed by atoms with Crippen LogP contribution in [-0.4, -0.2) is 44.7 Å². The summed E-state index contributed by atoms with van der Waals surface area (Å²) in [5, 5.41) is 8.92. The first-order valence-corrected chi connectivity index (χ1v) is 7.73. The van der Waals surface area contributed by atoms with E-state index in [9.17, 15) is 0 Å². The molecule has 1 heterocycles. The predicted molar refractivity (Wildman–Crippen MR) is 83.5 cm³/mol.